The summed E-state index contributed by atoms with van der Waals surface area (Å²) in [4.78, 5) is 0. The number of para-hydroxylation sites is 2. The first kappa shape index (κ1) is 21.2. The van der Waals surface area contributed by atoms with Crippen LogP contribution in [0.4, 0.5) is 0 Å². The predicted octanol–water partition coefficient (Wildman–Crippen LogP) is 10.2. The Morgan fingerprint density at radius 1 is 0.395 bits per heavy atom. The smallest absolute Gasteiger partial charge is 0.0541 e. The largest absolute Gasteiger partial charge is 0.309 e. The van der Waals surface area contributed by atoms with Gasteiger partial charge in [-0.05, 0) is 86.3 Å². The number of aromatic nitrogens is 1. The van der Waals surface area contributed by atoms with Crippen LogP contribution in [0.5, 0.6) is 0 Å². The van der Waals surface area contributed by atoms with Gasteiger partial charge in [0.1, 0.15) is 0 Å². The Balaban J connectivity index is 1.40. The van der Waals surface area contributed by atoms with E-state index in [2.05, 4.69) is 145 Å². The second-order valence-electron chi connectivity index (χ2n) is 10.2. The van der Waals surface area contributed by atoms with E-state index >= 15 is 0 Å². The molecule has 8 rings (SSSR count). The molecule has 178 valence electrons. The number of aryl methyl sites for hydroxylation is 1. The molecule has 0 amide bonds. The topological polar surface area (TPSA) is 4.93 Å². The van der Waals surface area contributed by atoms with Gasteiger partial charge in [0.15, 0.2) is 0 Å². The van der Waals surface area contributed by atoms with Crippen molar-refractivity contribution in [2.24, 2.45) is 0 Å². The lowest BCUT2D eigenvalue weighted by atomic mass is 9.91. The first-order valence-corrected chi connectivity index (χ1v) is 13.2. The van der Waals surface area contributed by atoms with Crippen LogP contribution in [-0.4, -0.2) is 4.57 Å². The van der Waals surface area contributed by atoms with Crippen molar-refractivity contribution in [3.8, 4) is 16.8 Å². The van der Waals surface area contributed by atoms with Gasteiger partial charge in [-0.25, -0.2) is 0 Å². The normalized spacial score (nSPS) is 11.8. The monoisotopic (exact) mass is 483 g/mol. The molecule has 0 radical (unpaired) electrons. The molecule has 0 aliphatic heterocycles. The van der Waals surface area contributed by atoms with Crippen molar-refractivity contribution in [1.82, 2.24) is 4.57 Å². The second kappa shape index (κ2) is 8.06. The van der Waals surface area contributed by atoms with Crippen molar-refractivity contribution in [3.05, 3.63) is 139 Å². The highest BCUT2D eigenvalue weighted by molar-refractivity contribution is 6.25. The van der Waals surface area contributed by atoms with Gasteiger partial charge in [-0.15, -0.1) is 0 Å². The summed E-state index contributed by atoms with van der Waals surface area (Å²) in [6, 6.07) is 48.9. The molecule has 0 N–H and O–H groups in total. The first-order chi connectivity index (χ1) is 18.8. The predicted molar refractivity (Wildman–Crippen MR) is 163 cm³/mol. The molecule has 1 heteroatoms. The van der Waals surface area contributed by atoms with Crippen molar-refractivity contribution >= 4 is 54.1 Å². The second-order valence-corrected chi connectivity index (χ2v) is 10.2. The maximum Gasteiger partial charge on any atom is 0.0541 e. The Labute approximate surface area is 221 Å². The van der Waals surface area contributed by atoms with Crippen molar-refractivity contribution in [2.45, 2.75) is 6.92 Å². The van der Waals surface area contributed by atoms with E-state index in [1.807, 2.05) is 0 Å². The molecule has 1 heterocycles. The summed E-state index contributed by atoms with van der Waals surface area (Å²) < 4.78 is 2.40. The van der Waals surface area contributed by atoms with Crippen molar-refractivity contribution in [2.75, 3.05) is 0 Å². The lowest BCUT2D eigenvalue weighted by Gasteiger charge is -2.15. The van der Waals surface area contributed by atoms with Gasteiger partial charge in [-0.2, -0.15) is 0 Å². The molecule has 0 saturated heterocycles. The van der Waals surface area contributed by atoms with E-state index in [4.69, 9.17) is 0 Å². The van der Waals surface area contributed by atoms with Crippen LogP contribution in [0.3, 0.4) is 0 Å². The summed E-state index contributed by atoms with van der Waals surface area (Å²) in [5.41, 5.74) is 7.45. The molecule has 38 heavy (non-hydrogen) atoms. The first-order valence-electron chi connectivity index (χ1n) is 13.2. The minimum atomic E-state index is 1.19. The van der Waals surface area contributed by atoms with Gasteiger partial charge >= 0.3 is 0 Å². The molecular formula is C37H25N. The van der Waals surface area contributed by atoms with Crippen LogP contribution in [0.1, 0.15) is 5.56 Å². The number of benzene rings is 7. The lowest BCUT2D eigenvalue weighted by molar-refractivity contribution is 1.18. The van der Waals surface area contributed by atoms with E-state index in [0.717, 1.165) is 0 Å². The Hall–Kier alpha value is -4.88. The maximum atomic E-state index is 2.40. The molecule has 0 unspecified atom stereocenters. The third-order valence-electron chi connectivity index (χ3n) is 8.11. The maximum absolute atomic E-state index is 2.40. The third kappa shape index (κ3) is 2.99. The summed E-state index contributed by atoms with van der Waals surface area (Å²) in [6.45, 7) is 2.22. The molecule has 0 atom stereocenters. The fourth-order valence-corrected chi connectivity index (χ4v) is 6.34. The highest BCUT2D eigenvalue weighted by Gasteiger charge is 2.14. The van der Waals surface area contributed by atoms with Crippen molar-refractivity contribution in [3.63, 3.8) is 0 Å². The summed E-state index contributed by atoms with van der Waals surface area (Å²) >= 11 is 0. The van der Waals surface area contributed by atoms with Crippen LogP contribution < -0.4 is 0 Å². The van der Waals surface area contributed by atoms with Gasteiger partial charge in [-0.3, -0.25) is 0 Å². The number of nitrogens with zero attached hydrogens (tertiary/aromatic N) is 1. The zero-order valence-corrected chi connectivity index (χ0v) is 21.1. The van der Waals surface area contributed by atoms with Gasteiger partial charge in [0, 0.05) is 16.5 Å². The van der Waals surface area contributed by atoms with E-state index in [0.29, 0.717) is 0 Å². The zero-order valence-electron chi connectivity index (χ0n) is 21.1. The molecule has 8 aromatic rings. The highest BCUT2D eigenvalue weighted by Crippen LogP contribution is 2.39. The standard InChI is InChI=1S/C37H25N/c1-24-18-20-26(38-36-16-8-6-14-32(36)33-15-7-9-17-37(33)38)23-34(24)25-19-21-31-29-12-3-2-10-27(29)28-11-4-5-13-30(28)35(31)22-25/h2-23H,1H3. The van der Waals surface area contributed by atoms with Gasteiger partial charge in [-0.1, -0.05) is 103 Å². The van der Waals surface area contributed by atoms with Crippen LogP contribution in [0.25, 0.3) is 70.9 Å². The van der Waals surface area contributed by atoms with Crippen LogP contribution >= 0.6 is 0 Å². The summed E-state index contributed by atoms with van der Waals surface area (Å²) in [7, 11) is 0. The fraction of sp³-hybridized carbons (Fsp3) is 0.0270. The summed E-state index contributed by atoms with van der Waals surface area (Å²) in [5.74, 6) is 0. The van der Waals surface area contributed by atoms with E-state index < -0.39 is 0 Å². The zero-order chi connectivity index (χ0) is 25.2. The molecule has 0 aliphatic carbocycles. The number of rotatable bonds is 2. The van der Waals surface area contributed by atoms with Crippen LogP contribution in [0, 0.1) is 6.92 Å². The minimum absolute atomic E-state index is 1.19. The van der Waals surface area contributed by atoms with Crippen LogP contribution in [-0.2, 0) is 0 Å². The van der Waals surface area contributed by atoms with Crippen molar-refractivity contribution in [1.29, 1.82) is 0 Å². The molecular weight excluding hydrogens is 458 g/mol. The molecule has 1 nitrogen and oxygen atoms in total. The number of fused-ring (bicyclic) bond motifs is 9. The van der Waals surface area contributed by atoms with Crippen LogP contribution in [0.15, 0.2) is 133 Å². The quantitative estimate of drug-likeness (QED) is 0.216. The Bertz CT molecular complexity index is 2110. The van der Waals surface area contributed by atoms with Crippen LogP contribution in [0.2, 0.25) is 0 Å². The molecule has 0 bridgehead atoms. The summed E-state index contributed by atoms with van der Waals surface area (Å²) in [6.07, 6.45) is 0. The highest BCUT2D eigenvalue weighted by atomic mass is 15.0. The van der Waals surface area contributed by atoms with Gasteiger partial charge in [0.05, 0.1) is 11.0 Å². The SMILES string of the molecule is Cc1ccc(-n2c3ccccc3c3ccccc32)cc1-c1ccc2c3ccccc3c3ccccc3c2c1. The third-order valence-corrected chi connectivity index (χ3v) is 8.11. The van der Waals surface area contributed by atoms with E-state index in [-0.39, 0.29) is 0 Å². The number of hydrogen-bond acceptors (Lipinski definition) is 0. The van der Waals surface area contributed by atoms with E-state index in [9.17, 15) is 0 Å². The summed E-state index contributed by atoms with van der Waals surface area (Å²) in [5, 5.41) is 10.4. The van der Waals surface area contributed by atoms with Crippen molar-refractivity contribution < 1.29 is 0 Å². The minimum Gasteiger partial charge on any atom is -0.309 e. The Morgan fingerprint density at radius 3 is 1.45 bits per heavy atom. The van der Waals surface area contributed by atoms with E-state index in [1.165, 1.54) is 76.5 Å². The van der Waals surface area contributed by atoms with E-state index in [1.54, 1.807) is 0 Å². The Morgan fingerprint density at radius 2 is 0.868 bits per heavy atom. The average Bonchev–Trinajstić information content (AvgIpc) is 3.32. The van der Waals surface area contributed by atoms with Gasteiger partial charge in [0.2, 0.25) is 0 Å². The molecule has 0 fully saturated rings. The molecule has 0 saturated carbocycles. The molecule has 1 aromatic heterocycles. The van der Waals surface area contributed by atoms with Gasteiger partial charge in [0.25, 0.3) is 0 Å². The molecule has 0 spiro atoms. The lowest BCUT2D eigenvalue weighted by Crippen LogP contribution is -1.95. The number of hydrogen-bond donors (Lipinski definition) is 0. The average molecular weight is 484 g/mol. The van der Waals surface area contributed by atoms with Gasteiger partial charge < -0.3 is 4.57 Å². The molecule has 7 aromatic carbocycles. The Kier molecular flexibility index (Phi) is 4.50. The fourth-order valence-electron chi connectivity index (χ4n) is 6.34. The molecule has 0 aliphatic rings.